The van der Waals surface area contributed by atoms with E-state index in [0.29, 0.717) is 11.5 Å². The zero-order chi connectivity index (χ0) is 14.5. The molecule has 3 nitrogen and oxygen atoms in total. The number of para-hydroxylation sites is 1. The fourth-order valence-corrected chi connectivity index (χ4v) is 1.92. The monoisotopic (exact) mass is 270 g/mol. The van der Waals surface area contributed by atoms with Crippen molar-refractivity contribution >= 4 is 5.97 Å². The van der Waals surface area contributed by atoms with Crippen LogP contribution in [-0.4, -0.2) is 12.6 Å². The van der Waals surface area contributed by atoms with Gasteiger partial charge in [0.25, 0.3) is 0 Å². The van der Waals surface area contributed by atoms with Crippen molar-refractivity contribution in [3.05, 3.63) is 59.2 Å². The van der Waals surface area contributed by atoms with Gasteiger partial charge in [-0.3, -0.25) is 0 Å². The van der Waals surface area contributed by atoms with Crippen LogP contribution in [-0.2, 0) is 4.79 Å². The normalized spacial score (nSPS) is 10.2. The standard InChI is InChI=1S/C17H18O3/c1-12-8-9-16(14(3)10-12)20-17(18)11-19-15-7-5-4-6-13(15)2/h4-10H,11H2,1-3H3. The molecular formula is C17H18O3. The molecule has 0 fully saturated rings. The summed E-state index contributed by atoms with van der Waals surface area (Å²) in [4.78, 5) is 11.8. The van der Waals surface area contributed by atoms with Gasteiger partial charge in [-0.2, -0.15) is 0 Å². The number of carbonyl (C=O) groups is 1. The number of ether oxygens (including phenoxy) is 2. The first kappa shape index (κ1) is 14.1. The van der Waals surface area contributed by atoms with Crippen molar-refractivity contribution in [1.82, 2.24) is 0 Å². The van der Waals surface area contributed by atoms with E-state index in [0.717, 1.165) is 16.7 Å². The van der Waals surface area contributed by atoms with Crippen LogP contribution >= 0.6 is 0 Å². The minimum atomic E-state index is -0.403. The van der Waals surface area contributed by atoms with Gasteiger partial charge in [0.1, 0.15) is 11.5 Å². The lowest BCUT2D eigenvalue weighted by Crippen LogP contribution is -2.18. The molecule has 0 aromatic heterocycles. The third-order valence-electron chi connectivity index (χ3n) is 2.99. The third kappa shape index (κ3) is 3.60. The average Bonchev–Trinajstić information content (AvgIpc) is 2.41. The van der Waals surface area contributed by atoms with E-state index in [1.165, 1.54) is 0 Å². The summed E-state index contributed by atoms with van der Waals surface area (Å²) in [6.07, 6.45) is 0. The van der Waals surface area contributed by atoms with Crippen LogP contribution in [0.5, 0.6) is 11.5 Å². The van der Waals surface area contributed by atoms with Crippen LogP contribution in [0, 0.1) is 20.8 Å². The van der Waals surface area contributed by atoms with Crippen molar-refractivity contribution in [2.75, 3.05) is 6.61 Å². The molecule has 0 aliphatic carbocycles. The maximum atomic E-state index is 11.8. The summed E-state index contributed by atoms with van der Waals surface area (Å²) in [7, 11) is 0. The Balaban J connectivity index is 1.94. The number of esters is 1. The lowest BCUT2D eigenvalue weighted by Gasteiger charge is -2.10. The summed E-state index contributed by atoms with van der Waals surface area (Å²) < 4.78 is 10.8. The lowest BCUT2D eigenvalue weighted by atomic mass is 10.1. The van der Waals surface area contributed by atoms with Gasteiger partial charge in [-0.15, -0.1) is 0 Å². The van der Waals surface area contributed by atoms with Gasteiger partial charge in [0.15, 0.2) is 6.61 Å². The van der Waals surface area contributed by atoms with E-state index < -0.39 is 5.97 Å². The Morgan fingerprint density at radius 2 is 1.70 bits per heavy atom. The van der Waals surface area contributed by atoms with Gasteiger partial charge in [-0.05, 0) is 44.0 Å². The van der Waals surface area contributed by atoms with Gasteiger partial charge >= 0.3 is 5.97 Å². The highest BCUT2D eigenvalue weighted by Crippen LogP contribution is 2.19. The van der Waals surface area contributed by atoms with E-state index >= 15 is 0 Å². The summed E-state index contributed by atoms with van der Waals surface area (Å²) in [5, 5.41) is 0. The molecule has 0 amide bonds. The molecule has 2 aromatic rings. The molecule has 0 saturated carbocycles. The smallest absolute Gasteiger partial charge is 0.349 e. The summed E-state index contributed by atoms with van der Waals surface area (Å²) in [5.74, 6) is 0.874. The first-order chi connectivity index (χ1) is 9.56. The van der Waals surface area contributed by atoms with Crippen LogP contribution in [0.25, 0.3) is 0 Å². The maximum Gasteiger partial charge on any atom is 0.349 e. The Labute approximate surface area is 119 Å². The van der Waals surface area contributed by atoms with E-state index in [4.69, 9.17) is 9.47 Å². The van der Waals surface area contributed by atoms with Crippen molar-refractivity contribution < 1.29 is 14.3 Å². The number of aryl methyl sites for hydroxylation is 3. The summed E-state index contributed by atoms with van der Waals surface area (Å²) >= 11 is 0. The summed E-state index contributed by atoms with van der Waals surface area (Å²) in [6, 6.07) is 13.3. The quantitative estimate of drug-likeness (QED) is 0.629. The predicted molar refractivity (Wildman–Crippen MR) is 78.2 cm³/mol. The SMILES string of the molecule is Cc1ccc(OC(=O)COc2ccccc2C)c(C)c1. The zero-order valence-corrected chi connectivity index (χ0v) is 12.0. The summed E-state index contributed by atoms with van der Waals surface area (Å²) in [6.45, 7) is 5.75. The van der Waals surface area contributed by atoms with E-state index in [1.807, 2.05) is 57.2 Å². The highest BCUT2D eigenvalue weighted by molar-refractivity contribution is 5.74. The Hall–Kier alpha value is -2.29. The molecule has 0 spiro atoms. The predicted octanol–water partition coefficient (Wildman–Crippen LogP) is 3.60. The van der Waals surface area contributed by atoms with Crippen LogP contribution in [0.1, 0.15) is 16.7 Å². The van der Waals surface area contributed by atoms with Gasteiger partial charge in [0, 0.05) is 0 Å². The molecule has 20 heavy (non-hydrogen) atoms. The molecule has 0 aliphatic heterocycles. The number of hydrogen-bond acceptors (Lipinski definition) is 3. The summed E-state index contributed by atoms with van der Waals surface area (Å²) in [5.41, 5.74) is 3.07. The second-order valence-corrected chi connectivity index (χ2v) is 4.80. The Morgan fingerprint density at radius 1 is 0.950 bits per heavy atom. The van der Waals surface area contributed by atoms with Gasteiger partial charge in [-0.1, -0.05) is 35.9 Å². The highest BCUT2D eigenvalue weighted by atomic mass is 16.6. The third-order valence-corrected chi connectivity index (χ3v) is 2.99. The largest absolute Gasteiger partial charge is 0.482 e. The fourth-order valence-electron chi connectivity index (χ4n) is 1.92. The van der Waals surface area contributed by atoms with Crippen molar-refractivity contribution in [2.24, 2.45) is 0 Å². The van der Waals surface area contributed by atoms with Crippen LogP contribution in [0.15, 0.2) is 42.5 Å². The molecule has 0 radical (unpaired) electrons. The first-order valence-corrected chi connectivity index (χ1v) is 6.52. The topological polar surface area (TPSA) is 35.5 Å². The molecule has 0 atom stereocenters. The number of carbonyl (C=O) groups excluding carboxylic acids is 1. The van der Waals surface area contributed by atoms with Gasteiger partial charge in [0.05, 0.1) is 0 Å². The average molecular weight is 270 g/mol. The van der Waals surface area contributed by atoms with Crippen LogP contribution in [0.3, 0.4) is 0 Å². The molecule has 0 bridgehead atoms. The second-order valence-electron chi connectivity index (χ2n) is 4.80. The number of hydrogen-bond donors (Lipinski definition) is 0. The van der Waals surface area contributed by atoms with Crippen molar-refractivity contribution in [3.8, 4) is 11.5 Å². The molecule has 0 N–H and O–H groups in total. The van der Waals surface area contributed by atoms with Crippen molar-refractivity contribution in [3.63, 3.8) is 0 Å². The molecule has 3 heteroatoms. The molecule has 0 aliphatic rings. The molecule has 0 heterocycles. The van der Waals surface area contributed by atoms with Crippen LogP contribution in [0.2, 0.25) is 0 Å². The second kappa shape index (κ2) is 6.24. The fraction of sp³-hybridized carbons (Fsp3) is 0.235. The number of benzene rings is 2. The zero-order valence-electron chi connectivity index (χ0n) is 12.0. The lowest BCUT2D eigenvalue weighted by molar-refractivity contribution is -0.136. The van der Waals surface area contributed by atoms with Crippen LogP contribution < -0.4 is 9.47 Å². The first-order valence-electron chi connectivity index (χ1n) is 6.52. The highest BCUT2D eigenvalue weighted by Gasteiger charge is 2.09. The van der Waals surface area contributed by atoms with E-state index in [-0.39, 0.29) is 6.61 Å². The van der Waals surface area contributed by atoms with Crippen molar-refractivity contribution in [2.45, 2.75) is 20.8 Å². The van der Waals surface area contributed by atoms with E-state index in [9.17, 15) is 4.79 Å². The van der Waals surface area contributed by atoms with Crippen LogP contribution in [0.4, 0.5) is 0 Å². The van der Waals surface area contributed by atoms with Gasteiger partial charge < -0.3 is 9.47 Å². The Morgan fingerprint density at radius 3 is 2.40 bits per heavy atom. The number of rotatable bonds is 4. The molecule has 2 rings (SSSR count). The Bertz CT molecular complexity index is 617. The molecule has 0 unspecified atom stereocenters. The minimum absolute atomic E-state index is 0.0990. The van der Waals surface area contributed by atoms with Gasteiger partial charge in [-0.25, -0.2) is 4.79 Å². The van der Waals surface area contributed by atoms with E-state index in [1.54, 1.807) is 6.07 Å². The van der Waals surface area contributed by atoms with Gasteiger partial charge in [0.2, 0.25) is 0 Å². The molecule has 0 saturated heterocycles. The molecular weight excluding hydrogens is 252 g/mol. The minimum Gasteiger partial charge on any atom is -0.482 e. The molecule has 2 aromatic carbocycles. The Kier molecular flexibility index (Phi) is 4.41. The van der Waals surface area contributed by atoms with E-state index in [2.05, 4.69) is 0 Å². The van der Waals surface area contributed by atoms with Crippen molar-refractivity contribution in [1.29, 1.82) is 0 Å². The molecule has 104 valence electrons. The maximum absolute atomic E-state index is 11.8.